The molecule has 2 aromatic rings. The van der Waals surface area contributed by atoms with Crippen molar-refractivity contribution in [2.45, 2.75) is 19.8 Å². The number of benzene rings is 2. The second-order valence-electron chi connectivity index (χ2n) is 5.15. The first-order valence-electron chi connectivity index (χ1n) is 7.55. The summed E-state index contributed by atoms with van der Waals surface area (Å²) in [6.45, 7) is 1.89. The van der Waals surface area contributed by atoms with Gasteiger partial charge in [0.1, 0.15) is 0 Å². The molecule has 124 valence electrons. The monoisotopic (exact) mass is 326 g/mol. The van der Waals surface area contributed by atoms with Crippen molar-refractivity contribution in [3.05, 3.63) is 59.7 Å². The molecule has 0 aromatic heterocycles. The first-order valence-corrected chi connectivity index (χ1v) is 7.55. The lowest BCUT2D eigenvalue weighted by Crippen LogP contribution is -2.19. The summed E-state index contributed by atoms with van der Waals surface area (Å²) in [7, 11) is 0. The first kappa shape index (κ1) is 17.2. The Morgan fingerprint density at radius 3 is 2.00 bits per heavy atom. The van der Waals surface area contributed by atoms with Crippen molar-refractivity contribution >= 4 is 29.2 Å². The average molecular weight is 326 g/mol. The van der Waals surface area contributed by atoms with Crippen LogP contribution in [0.25, 0.3) is 0 Å². The maximum absolute atomic E-state index is 12.5. The van der Waals surface area contributed by atoms with Gasteiger partial charge in [-0.25, -0.2) is 4.79 Å². The van der Waals surface area contributed by atoms with E-state index in [1.807, 2.05) is 6.92 Å². The molecule has 0 aliphatic rings. The predicted molar refractivity (Wildman–Crippen MR) is 91.3 cm³/mol. The van der Waals surface area contributed by atoms with Gasteiger partial charge in [-0.15, -0.1) is 0 Å². The lowest BCUT2D eigenvalue weighted by atomic mass is 10.1. The van der Waals surface area contributed by atoms with Crippen molar-refractivity contribution in [2.75, 3.05) is 10.6 Å². The molecule has 0 aliphatic heterocycles. The van der Waals surface area contributed by atoms with Gasteiger partial charge in [-0.3, -0.25) is 9.59 Å². The van der Waals surface area contributed by atoms with Gasteiger partial charge >= 0.3 is 5.97 Å². The van der Waals surface area contributed by atoms with Crippen molar-refractivity contribution in [3.63, 3.8) is 0 Å². The van der Waals surface area contributed by atoms with Gasteiger partial charge in [-0.2, -0.15) is 0 Å². The van der Waals surface area contributed by atoms with Crippen LogP contribution in [-0.4, -0.2) is 22.9 Å². The molecule has 0 radical (unpaired) electrons. The van der Waals surface area contributed by atoms with Gasteiger partial charge in [0.05, 0.1) is 22.5 Å². The molecule has 0 atom stereocenters. The molecule has 0 heterocycles. The molecule has 3 N–H and O–H groups in total. The number of hydrogen-bond acceptors (Lipinski definition) is 3. The van der Waals surface area contributed by atoms with E-state index in [9.17, 15) is 19.5 Å². The van der Waals surface area contributed by atoms with Crippen LogP contribution in [0, 0.1) is 0 Å². The number of carboxylic acids is 1. The summed E-state index contributed by atoms with van der Waals surface area (Å²) in [5, 5.41) is 14.5. The van der Waals surface area contributed by atoms with Crippen LogP contribution >= 0.6 is 0 Å². The number of hydrogen-bond donors (Lipinski definition) is 3. The van der Waals surface area contributed by atoms with Crippen LogP contribution in [0.2, 0.25) is 0 Å². The van der Waals surface area contributed by atoms with Gasteiger partial charge in [-0.05, 0) is 30.7 Å². The molecule has 0 spiro atoms. The van der Waals surface area contributed by atoms with E-state index in [-0.39, 0.29) is 22.7 Å². The van der Waals surface area contributed by atoms with E-state index in [0.29, 0.717) is 18.5 Å². The summed E-state index contributed by atoms with van der Waals surface area (Å²) in [6, 6.07) is 12.7. The van der Waals surface area contributed by atoms with Crippen LogP contribution < -0.4 is 10.6 Å². The largest absolute Gasteiger partial charge is 0.478 e. The van der Waals surface area contributed by atoms with Crippen LogP contribution in [0.4, 0.5) is 11.4 Å². The summed E-state index contributed by atoms with van der Waals surface area (Å²) in [4.78, 5) is 35.5. The maximum Gasteiger partial charge on any atom is 0.337 e. The van der Waals surface area contributed by atoms with Crippen molar-refractivity contribution in [1.82, 2.24) is 0 Å². The molecule has 0 bridgehead atoms. The summed E-state index contributed by atoms with van der Waals surface area (Å²) in [5.74, 6) is -1.80. The number of carbonyl (C=O) groups excluding carboxylic acids is 2. The summed E-state index contributed by atoms with van der Waals surface area (Å²) in [5.41, 5.74) is 0.853. The molecule has 0 saturated carbocycles. The van der Waals surface area contributed by atoms with Gasteiger partial charge < -0.3 is 15.7 Å². The van der Waals surface area contributed by atoms with Gasteiger partial charge in [0.2, 0.25) is 5.91 Å². The topological polar surface area (TPSA) is 95.5 Å². The number of carbonyl (C=O) groups is 3. The second-order valence-corrected chi connectivity index (χ2v) is 5.15. The molecule has 2 amide bonds. The van der Waals surface area contributed by atoms with Crippen LogP contribution in [-0.2, 0) is 4.79 Å². The average Bonchev–Trinajstić information content (AvgIpc) is 2.55. The molecule has 0 saturated heterocycles. The highest BCUT2D eigenvalue weighted by Gasteiger charge is 2.16. The Bertz CT molecular complexity index is 771. The van der Waals surface area contributed by atoms with Gasteiger partial charge in [0.25, 0.3) is 5.91 Å². The third kappa shape index (κ3) is 4.19. The van der Waals surface area contributed by atoms with Crippen molar-refractivity contribution in [3.8, 4) is 0 Å². The Morgan fingerprint density at radius 1 is 0.875 bits per heavy atom. The highest BCUT2D eigenvalue weighted by Crippen LogP contribution is 2.20. The Hall–Kier alpha value is -3.15. The van der Waals surface area contributed by atoms with Crippen molar-refractivity contribution in [1.29, 1.82) is 0 Å². The lowest BCUT2D eigenvalue weighted by Gasteiger charge is -2.12. The van der Waals surface area contributed by atoms with Crippen LogP contribution in [0.1, 0.15) is 40.5 Å². The minimum absolute atomic E-state index is 0.00153. The number of para-hydroxylation sites is 2. The number of carboxylic acid groups (broad SMARTS) is 1. The first-order chi connectivity index (χ1) is 11.5. The summed E-state index contributed by atoms with van der Waals surface area (Å²) >= 11 is 0. The number of nitrogens with one attached hydrogen (secondary N) is 2. The molecule has 0 unspecified atom stereocenters. The molecular formula is C18H18N2O4. The minimum atomic E-state index is -1.13. The number of rotatable bonds is 6. The molecule has 2 aromatic carbocycles. The highest BCUT2D eigenvalue weighted by atomic mass is 16.4. The lowest BCUT2D eigenvalue weighted by molar-refractivity contribution is -0.116. The quantitative estimate of drug-likeness (QED) is 0.758. The van der Waals surface area contributed by atoms with E-state index >= 15 is 0 Å². The third-order valence-corrected chi connectivity index (χ3v) is 3.33. The third-order valence-electron chi connectivity index (χ3n) is 3.33. The molecule has 24 heavy (non-hydrogen) atoms. The summed E-state index contributed by atoms with van der Waals surface area (Å²) < 4.78 is 0. The Labute approximate surface area is 139 Å². The van der Waals surface area contributed by atoms with E-state index in [2.05, 4.69) is 10.6 Å². The molecule has 6 heteroatoms. The Kier molecular flexibility index (Phi) is 5.68. The van der Waals surface area contributed by atoms with Crippen molar-refractivity contribution in [2.24, 2.45) is 0 Å². The zero-order valence-corrected chi connectivity index (χ0v) is 13.2. The Morgan fingerprint density at radius 2 is 1.42 bits per heavy atom. The number of aromatic carboxylic acids is 1. The van der Waals surface area contributed by atoms with Crippen LogP contribution in [0.5, 0.6) is 0 Å². The van der Waals surface area contributed by atoms with Crippen LogP contribution in [0.3, 0.4) is 0 Å². The van der Waals surface area contributed by atoms with E-state index in [0.717, 1.165) is 0 Å². The zero-order valence-electron chi connectivity index (χ0n) is 13.2. The molecule has 2 rings (SSSR count). The fraction of sp³-hybridized carbons (Fsp3) is 0.167. The minimum Gasteiger partial charge on any atom is -0.478 e. The zero-order chi connectivity index (χ0) is 17.5. The molecular weight excluding hydrogens is 308 g/mol. The smallest absolute Gasteiger partial charge is 0.337 e. The normalized spacial score (nSPS) is 10.0. The van der Waals surface area contributed by atoms with E-state index in [1.54, 1.807) is 36.4 Å². The van der Waals surface area contributed by atoms with E-state index in [4.69, 9.17) is 0 Å². The standard InChI is InChI=1S/C18H18N2O4/c1-2-7-16(21)19-14-10-5-3-8-12(14)17(22)20-15-11-6-4-9-13(15)18(23)24/h3-6,8-11H,2,7H2,1H3,(H,19,21)(H,20,22)(H,23,24). The SMILES string of the molecule is CCCC(=O)Nc1ccccc1C(=O)Nc1ccccc1C(=O)O. The maximum atomic E-state index is 12.5. The highest BCUT2D eigenvalue weighted by molar-refractivity contribution is 6.12. The van der Waals surface area contributed by atoms with E-state index < -0.39 is 11.9 Å². The van der Waals surface area contributed by atoms with Gasteiger partial charge in [0.15, 0.2) is 0 Å². The Balaban J connectivity index is 2.25. The second kappa shape index (κ2) is 7.92. The molecule has 0 fully saturated rings. The van der Waals surface area contributed by atoms with E-state index in [1.165, 1.54) is 12.1 Å². The fourth-order valence-corrected chi connectivity index (χ4v) is 2.20. The van der Waals surface area contributed by atoms with Crippen LogP contribution in [0.15, 0.2) is 48.5 Å². The van der Waals surface area contributed by atoms with Gasteiger partial charge in [0, 0.05) is 6.42 Å². The summed E-state index contributed by atoms with van der Waals surface area (Å²) in [6.07, 6.45) is 1.06. The number of amides is 2. The predicted octanol–water partition coefficient (Wildman–Crippen LogP) is 3.38. The van der Waals surface area contributed by atoms with Gasteiger partial charge in [-0.1, -0.05) is 31.2 Å². The molecule has 0 aliphatic carbocycles. The van der Waals surface area contributed by atoms with Crippen molar-refractivity contribution < 1.29 is 19.5 Å². The number of anilines is 2. The molecule has 6 nitrogen and oxygen atoms in total. The fourth-order valence-electron chi connectivity index (χ4n) is 2.20.